The van der Waals surface area contributed by atoms with E-state index in [4.69, 9.17) is 37.5 Å². The third-order valence-corrected chi connectivity index (χ3v) is 6.00. The molecule has 1 aromatic heterocycles. The van der Waals surface area contributed by atoms with Gasteiger partial charge >= 0.3 is 11.9 Å². The van der Waals surface area contributed by atoms with Crippen LogP contribution in [0.2, 0.25) is 0 Å². The molecular weight excluding hydrogens is 486 g/mol. The van der Waals surface area contributed by atoms with Crippen LogP contribution in [0.3, 0.4) is 0 Å². The first-order chi connectivity index (χ1) is 17.6. The Morgan fingerprint density at radius 2 is 1.35 bits per heavy atom. The summed E-state index contributed by atoms with van der Waals surface area (Å²) in [6.07, 6.45) is 5.30. The summed E-state index contributed by atoms with van der Waals surface area (Å²) in [6, 6.07) is -0.0975. The van der Waals surface area contributed by atoms with Crippen molar-refractivity contribution in [3.63, 3.8) is 0 Å². The molecule has 4 atom stereocenters. The highest BCUT2D eigenvalue weighted by atomic mass is 16.5. The van der Waals surface area contributed by atoms with Crippen LogP contribution in [0.4, 0.5) is 0 Å². The van der Waals surface area contributed by atoms with E-state index in [-0.39, 0.29) is 12.8 Å². The lowest BCUT2D eigenvalue weighted by atomic mass is 9.96. The van der Waals surface area contributed by atoms with E-state index in [1.165, 1.54) is 0 Å². The summed E-state index contributed by atoms with van der Waals surface area (Å²) in [4.78, 5) is 43.4. The van der Waals surface area contributed by atoms with Gasteiger partial charge in [0.1, 0.15) is 18.6 Å². The largest absolute Gasteiger partial charge is 0.480 e. The molecule has 0 fully saturated rings. The second kappa shape index (κ2) is 17.3. The zero-order chi connectivity index (χ0) is 27.8. The van der Waals surface area contributed by atoms with Gasteiger partial charge in [-0.15, -0.1) is 0 Å². The molecule has 13 nitrogen and oxygen atoms in total. The lowest BCUT2D eigenvalue weighted by Gasteiger charge is -2.15. The first kappa shape index (κ1) is 31.9. The second-order valence-corrected chi connectivity index (χ2v) is 8.91. The number of carboxylic acid groups (broad SMARTS) is 2. The van der Waals surface area contributed by atoms with Gasteiger partial charge < -0.3 is 31.2 Å². The number of rotatable bonds is 21. The fraction of sp³-hybridized carbons (Fsp3) is 0.625. The molecule has 0 spiro atoms. The van der Waals surface area contributed by atoms with E-state index < -0.39 is 36.5 Å². The highest BCUT2D eigenvalue weighted by Gasteiger charge is 2.22. The number of carbonyl (C=O) groups is 4. The maximum atomic E-state index is 11.3. The molecule has 0 saturated heterocycles. The molecule has 0 aliphatic heterocycles. The van der Waals surface area contributed by atoms with E-state index in [0.717, 1.165) is 16.8 Å². The summed E-state index contributed by atoms with van der Waals surface area (Å²) < 4.78 is 11.5. The summed E-state index contributed by atoms with van der Waals surface area (Å²) in [5.41, 5.74) is 25.6. The Bertz CT molecular complexity index is 885. The predicted molar refractivity (Wildman–Crippen MR) is 132 cm³/mol. The normalized spacial score (nSPS) is 14.3. The molecule has 0 bridgehead atoms. The number of hydrogen-bond acceptors (Lipinski definition) is 10. The van der Waals surface area contributed by atoms with Crippen molar-refractivity contribution in [1.82, 2.24) is 0 Å². The number of aromatic nitrogens is 1. The number of ether oxygens (including phenoxy) is 2. The average Bonchev–Trinajstić information content (AvgIpc) is 2.84. The first-order valence-electron chi connectivity index (χ1n) is 12.3. The van der Waals surface area contributed by atoms with Crippen molar-refractivity contribution >= 4 is 24.9 Å². The number of pyridine rings is 1. The van der Waals surface area contributed by atoms with Crippen LogP contribution < -0.4 is 27.5 Å². The topological polar surface area (TPSA) is 235 Å². The monoisotopic (exact) mass is 526 g/mol. The lowest BCUT2D eigenvalue weighted by molar-refractivity contribution is -0.705. The maximum absolute atomic E-state index is 11.3. The standard InChI is InChI=1S/C24H39N5O8/c25-18(23(32)33)9-7-16-12-17(8-10-19(26)24(34)35)20(4-3-6-22(28)37-15-31)29(13-16)11-2-1-5-21(27)36-14-30/h12-15,18-19,21-22H,1-11,25-28H2,(H-,32,33,34,35)/p+1. The van der Waals surface area contributed by atoms with Crippen LogP contribution in [-0.4, -0.2) is 59.6 Å². The van der Waals surface area contributed by atoms with Gasteiger partial charge in [-0.3, -0.25) is 30.6 Å². The van der Waals surface area contributed by atoms with Crippen LogP contribution in [0.15, 0.2) is 12.3 Å². The number of hydrogen-bond donors (Lipinski definition) is 6. The molecule has 0 aliphatic carbocycles. The average molecular weight is 527 g/mol. The molecule has 1 rings (SSSR count). The van der Waals surface area contributed by atoms with Gasteiger partial charge in [0.15, 0.2) is 24.3 Å². The van der Waals surface area contributed by atoms with Gasteiger partial charge in [0.05, 0.1) is 0 Å². The van der Waals surface area contributed by atoms with Crippen molar-refractivity contribution < 1.29 is 43.4 Å². The molecule has 1 aromatic rings. The van der Waals surface area contributed by atoms with Crippen molar-refractivity contribution in [1.29, 1.82) is 0 Å². The van der Waals surface area contributed by atoms with E-state index in [1.807, 2.05) is 12.3 Å². The van der Waals surface area contributed by atoms with Crippen molar-refractivity contribution in [2.45, 2.75) is 95.3 Å². The second-order valence-electron chi connectivity index (χ2n) is 8.91. The Morgan fingerprint density at radius 1 is 0.811 bits per heavy atom. The minimum absolute atomic E-state index is 0.214. The molecule has 1 heterocycles. The first-order valence-corrected chi connectivity index (χ1v) is 12.3. The van der Waals surface area contributed by atoms with E-state index in [1.54, 1.807) is 0 Å². The number of unbranched alkanes of at least 4 members (excludes halogenated alkanes) is 1. The molecule has 10 N–H and O–H groups in total. The molecule has 0 amide bonds. The maximum Gasteiger partial charge on any atom is 0.320 e. The molecule has 0 aromatic carbocycles. The summed E-state index contributed by atoms with van der Waals surface area (Å²) in [5.74, 6) is -2.18. The predicted octanol–water partition coefficient (Wildman–Crippen LogP) is -0.928. The number of nitrogens with zero attached hydrogens (tertiary/aromatic N) is 1. The van der Waals surface area contributed by atoms with E-state index in [2.05, 4.69) is 4.57 Å². The molecule has 37 heavy (non-hydrogen) atoms. The van der Waals surface area contributed by atoms with Crippen molar-refractivity contribution in [3.8, 4) is 0 Å². The molecule has 0 radical (unpaired) electrons. The van der Waals surface area contributed by atoms with Crippen LogP contribution in [0, 0.1) is 0 Å². The van der Waals surface area contributed by atoms with Crippen molar-refractivity contribution in [2.24, 2.45) is 22.9 Å². The zero-order valence-corrected chi connectivity index (χ0v) is 21.0. The molecular formula is C24H40N5O8+. The van der Waals surface area contributed by atoms with Gasteiger partial charge in [-0.25, -0.2) is 4.57 Å². The number of nitrogens with two attached hydrogens (primary N) is 4. The molecule has 208 valence electrons. The van der Waals surface area contributed by atoms with E-state index in [0.29, 0.717) is 70.9 Å². The van der Waals surface area contributed by atoms with Crippen LogP contribution in [0.5, 0.6) is 0 Å². The quantitative estimate of drug-likeness (QED) is 0.0493. The Balaban J connectivity index is 3.20. The highest BCUT2D eigenvalue weighted by Crippen LogP contribution is 2.17. The van der Waals surface area contributed by atoms with Crippen LogP contribution in [-0.2, 0) is 54.5 Å². The summed E-state index contributed by atoms with van der Waals surface area (Å²) in [6.45, 7) is 1.21. The van der Waals surface area contributed by atoms with Crippen molar-refractivity contribution in [3.05, 3.63) is 29.1 Å². The fourth-order valence-electron chi connectivity index (χ4n) is 3.92. The van der Waals surface area contributed by atoms with Gasteiger partial charge in [-0.2, -0.15) is 0 Å². The van der Waals surface area contributed by atoms with Gasteiger partial charge in [0.25, 0.3) is 12.9 Å². The minimum atomic E-state index is -1.09. The number of carboxylic acids is 2. The smallest absolute Gasteiger partial charge is 0.320 e. The molecule has 13 heteroatoms. The van der Waals surface area contributed by atoms with Crippen LogP contribution in [0.1, 0.15) is 61.8 Å². The SMILES string of the molecule is NC(CCCC[n+]1cc(CCC(N)C(=O)O)cc(CCC(N)C(=O)O)c1CCCC(N)OC=O)OC=O. The highest BCUT2D eigenvalue weighted by molar-refractivity contribution is 5.73. The van der Waals surface area contributed by atoms with Gasteiger partial charge in [-0.05, 0) is 57.4 Å². The number of carbonyl (C=O) groups excluding carboxylic acids is 2. The van der Waals surface area contributed by atoms with E-state index >= 15 is 0 Å². The fourth-order valence-corrected chi connectivity index (χ4v) is 3.92. The van der Waals surface area contributed by atoms with Gasteiger partial charge in [0, 0.05) is 24.0 Å². The zero-order valence-electron chi connectivity index (χ0n) is 21.0. The van der Waals surface area contributed by atoms with E-state index in [9.17, 15) is 24.3 Å². The Hall–Kier alpha value is -3.13. The Labute approximate surface area is 216 Å². The summed E-state index contributed by atoms with van der Waals surface area (Å²) in [5, 5.41) is 18.3. The third-order valence-electron chi connectivity index (χ3n) is 6.00. The summed E-state index contributed by atoms with van der Waals surface area (Å²) in [7, 11) is 0. The molecule has 4 unspecified atom stereocenters. The van der Waals surface area contributed by atoms with Gasteiger partial charge in [0.2, 0.25) is 0 Å². The third kappa shape index (κ3) is 12.6. The number of aliphatic carboxylic acids is 2. The van der Waals surface area contributed by atoms with Crippen LogP contribution >= 0.6 is 0 Å². The number of aryl methyl sites for hydroxylation is 3. The molecule has 0 aliphatic rings. The minimum Gasteiger partial charge on any atom is -0.480 e. The van der Waals surface area contributed by atoms with Gasteiger partial charge in [-0.1, -0.05) is 0 Å². The van der Waals surface area contributed by atoms with Crippen molar-refractivity contribution in [2.75, 3.05) is 0 Å². The Kier molecular flexibility index (Phi) is 15.0. The lowest BCUT2D eigenvalue weighted by Crippen LogP contribution is -2.41. The molecule has 0 saturated carbocycles. The van der Waals surface area contributed by atoms with Crippen LogP contribution in [0.25, 0.3) is 0 Å². The Morgan fingerprint density at radius 3 is 1.89 bits per heavy atom. The summed E-state index contributed by atoms with van der Waals surface area (Å²) >= 11 is 0.